The van der Waals surface area contributed by atoms with Gasteiger partial charge >= 0.3 is 5.97 Å². The van der Waals surface area contributed by atoms with Gasteiger partial charge in [-0.3, -0.25) is 4.79 Å². The van der Waals surface area contributed by atoms with Crippen LogP contribution in [0.3, 0.4) is 0 Å². The Morgan fingerprint density at radius 3 is 2.57 bits per heavy atom. The first kappa shape index (κ1) is 9.93. The van der Waals surface area contributed by atoms with Crippen molar-refractivity contribution in [2.75, 3.05) is 6.61 Å². The smallest absolute Gasteiger partial charge is 0.306 e. The Balaban J connectivity index is 1.94. The van der Waals surface area contributed by atoms with Crippen LogP contribution in [-0.2, 0) is 9.53 Å². The van der Waals surface area contributed by atoms with Gasteiger partial charge in [-0.1, -0.05) is 11.7 Å². The summed E-state index contributed by atoms with van der Waals surface area (Å²) in [6.07, 6.45) is 2.03. The number of rotatable bonds is 4. The molecule has 0 radical (unpaired) electrons. The van der Waals surface area contributed by atoms with Crippen LogP contribution in [0.2, 0.25) is 5.82 Å². The average molecular weight is 203 g/mol. The van der Waals surface area contributed by atoms with Crippen LogP contribution in [0.15, 0.2) is 0 Å². The number of halogens is 2. The topological polar surface area (TPSA) is 26.3 Å². The van der Waals surface area contributed by atoms with Gasteiger partial charge < -0.3 is 13.4 Å². The maximum atomic E-state index is 12.6. The number of carbonyl (C=O) groups excluding carboxylic acids is 1. The van der Waals surface area contributed by atoms with Gasteiger partial charge in [-0.05, 0) is 25.7 Å². The highest BCUT2D eigenvalue weighted by Crippen LogP contribution is 2.64. The molecule has 0 spiro atoms. The normalized spacial score (nSPS) is 35.9. The summed E-state index contributed by atoms with van der Waals surface area (Å²) in [6.45, 7) is 1.99. The fourth-order valence-corrected chi connectivity index (χ4v) is 2.49. The van der Waals surface area contributed by atoms with Crippen molar-refractivity contribution in [1.82, 2.24) is 0 Å². The zero-order valence-electron chi connectivity index (χ0n) is 8.21. The van der Waals surface area contributed by atoms with E-state index in [0.29, 0.717) is 5.92 Å². The van der Waals surface area contributed by atoms with Gasteiger partial charge in [-0.15, -0.1) is 0 Å². The quantitative estimate of drug-likeness (QED) is 0.513. The number of ether oxygens (including phenoxy) is 1. The predicted molar refractivity (Wildman–Crippen MR) is 49.5 cm³/mol. The lowest BCUT2D eigenvalue weighted by atomic mass is 9.86. The van der Waals surface area contributed by atoms with Crippen molar-refractivity contribution in [1.29, 1.82) is 0 Å². The Morgan fingerprint density at radius 1 is 1.50 bits per heavy atom. The minimum atomic E-state index is -3.13. The first-order valence-corrected chi connectivity index (χ1v) is 5.29. The summed E-state index contributed by atoms with van der Waals surface area (Å²) in [4.78, 5) is 11.3. The lowest BCUT2D eigenvalue weighted by Crippen LogP contribution is -2.10. The van der Waals surface area contributed by atoms with Gasteiger partial charge in [0.25, 0.3) is 7.27 Å². The Labute approximate surface area is 82.2 Å². The summed E-state index contributed by atoms with van der Waals surface area (Å²) in [5, 5.41) is 0. The van der Waals surface area contributed by atoms with E-state index in [1.807, 2.05) is 0 Å². The standard InChI is InChI=1S/C9H14BF2O2/c1-2-14-9(13)7-6(5-3-4-5)8(7)10(11)12/h5-8,10H,2-4H2,1H3/q-1/t6?,7-,8+/m1/s1. The fourth-order valence-electron chi connectivity index (χ4n) is 2.49. The molecule has 2 saturated carbocycles. The second-order valence-electron chi connectivity index (χ2n) is 4.27. The van der Waals surface area contributed by atoms with Gasteiger partial charge in [0.05, 0.1) is 6.61 Å². The zero-order chi connectivity index (χ0) is 10.3. The van der Waals surface area contributed by atoms with Crippen LogP contribution in [0.5, 0.6) is 0 Å². The monoisotopic (exact) mass is 203 g/mol. The van der Waals surface area contributed by atoms with E-state index in [2.05, 4.69) is 0 Å². The molecule has 0 amide bonds. The molecule has 2 rings (SSSR count). The summed E-state index contributed by atoms with van der Waals surface area (Å²) in [6, 6.07) is 0. The highest BCUT2D eigenvalue weighted by molar-refractivity contribution is 6.47. The molecule has 0 saturated heterocycles. The summed E-state index contributed by atoms with van der Waals surface area (Å²) in [7, 11) is -3.13. The van der Waals surface area contributed by atoms with Crippen LogP contribution < -0.4 is 0 Å². The first-order chi connectivity index (χ1) is 6.66. The third-order valence-electron chi connectivity index (χ3n) is 3.31. The van der Waals surface area contributed by atoms with Gasteiger partial charge in [0.1, 0.15) is 0 Å². The molecule has 0 aromatic heterocycles. The van der Waals surface area contributed by atoms with Gasteiger partial charge in [-0.2, -0.15) is 0 Å². The predicted octanol–water partition coefficient (Wildman–Crippen LogP) is 1.74. The molecule has 2 aliphatic carbocycles. The third-order valence-corrected chi connectivity index (χ3v) is 3.31. The van der Waals surface area contributed by atoms with E-state index >= 15 is 0 Å². The molecule has 0 N–H and O–H groups in total. The van der Waals surface area contributed by atoms with E-state index in [1.54, 1.807) is 6.92 Å². The highest BCUT2D eigenvalue weighted by Gasteiger charge is 2.60. The summed E-state index contributed by atoms with van der Waals surface area (Å²) in [5.41, 5.74) is 0. The van der Waals surface area contributed by atoms with Crippen molar-refractivity contribution in [2.45, 2.75) is 25.6 Å². The van der Waals surface area contributed by atoms with Crippen LogP contribution >= 0.6 is 0 Å². The molecule has 1 unspecified atom stereocenters. The molecule has 3 atom stereocenters. The summed E-state index contributed by atoms with van der Waals surface area (Å²) in [5.74, 6) is -1.18. The number of hydrogen-bond donors (Lipinski definition) is 0. The molecule has 2 fully saturated rings. The molecule has 5 heteroatoms. The molecule has 2 nitrogen and oxygen atoms in total. The van der Waals surface area contributed by atoms with E-state index < -0.39 is 25.0 Å². The molecule has 0 bridgehead atoms. The fraction of sp³-hybridized carbons (Fsp3) is 0.889. The second kappa shape index (κ2) is 3.52. The van der Waals surface area contributed by atoms with E-state index in [1.165, 1.54) is 0 Å². The molecule has 80 valence electrons. The van der Waals surface area contributed by atoms with E-state index in [0.717, 1.165) is 12.8 Å². The van der Waals surface area contributed by atoms with Gasteiger partial charge in [0.15, 0.2) is 0 Å². The molecular formula is C9H14BF2O2-. The van der Waals surface area contributed by atoms with Crippen molar-refractivity contribution >= 4 is 13.2 Å². The SMILES string of the molecule is CCOC(=O)[C@@H]1C(C2CC2)[C@@H]1[BH-](F)F. The lowest BCUT2D eigenvalue weighted by molar-refractivity contribution is -0.145. The Kier molecular flexibility index (Phi) is 2.49. The summed E-state index contributed by atoms with van der Waals surface area (Å²) < 4.78 is 30.0. The maximum absolute atomic E-state index is 12.6. The van der Waals surface area contributed by atoms with Gasteiger partial charge in [0, 0.05) is 5.92 Å². The molecule has 0 aliphatic heterocycles. The van der Waals surface area contributed by atoms with Crippen LogP contribution in [0, 0.1) is 17.8 Å². The highest BCUT2D eigenvalue weighted by atomic mass is 19.2. The second-order valence-corrected chi connectivity index (χ2v) is 4.27. The largest absolute Gasteiger partial charge is 0.481 e. The minimum absolute atomic E-state index is 0.0518. The molecule has 0 aromatic rings. The molecular weight excluding hydrogens is 189 g/mol. The number of esters is 1. The summed E-state index contributed by atoms with van der Waals surface area (Å²) >= 11 is 0. The number of carbonyl (C=O) groups is 1. The van der Waals surface area contributed by atoms with Crippen LogP contribution in [0.4, 0.5) is 8.63 Å². The molecule has 0 heterocycles. The molecule has 14 heavy (non-hydrogen) atoms. The van der Waals surface area contributed by atoms with Crippen LogP contribution in [0.25, 0.3) is 0 Å². The van der Waals surface area contributed by atoms with Crippen molar-refractivity contribution in [3.8, 4) is 0 Å². The maximum Gasteiger partial charge on any atom is 0.306 e. The molecule has 0 aromatic carbocycles. The van der Waals surface area contributed by atoms with Crippen molar-refractivity contribution in [2.24, 2.45) is 17.8 Å². The van der Waals surface area contributed by atoms with Crippen molar-refractivity contribution in [3.63, 3.8) is 0 Å². The first-order valence-electron chi connectivity index (χ1n) is 5.29. The average Bonchev–Trinajstić information content (AvgIpc) is 2.98. The van der Waals surface area contributed by atoms with Crippen LogP contribution in [-0.4, -0.2) is 19.8 Å². The minimum Gasteiger partial charge on any atom is -0.481 e. The third kappa shape index (κ3) is 1.64. The van der Waals surface area contributed by atoms with Gasteiger partial charge in [-0.25, -0.2) is 0 Å². The Bertz CT molecular complexity index is 235. The van der Waals surface area contributed by atoms with E-state index in [4.69, 9.17) is 4.74 Å². The van der Waals surface area contributed by atoms with Crippen molar-refractivity contribution < 1.29 is 18.2 Å². The number of hydrogen-bond acceptors (Lipinski definition) is 2. The van der Waals surface area contributed by atoms with Gasteiger partial charge in [0.2, 0.25) is 0 Å². The lowest BCUT2D eigenvalue weighted by Gasteiger charge is -2.03. The van der Waals surface area contributed by atoms with E-state index in [9.17, 15) is 13.4 Å². The Hall–Kier alpha value is -0.605. The Morgan fingerprint density at radius 2 is 2.14 bits per heavy atom. The molecule has 2 aliphatic rings. The van der Waals surface area contributed by atoms with Crippen LogP contribution in [0.1, 0.15) is 19.8 Å². The van der Waals surface area contributed by atoms with E-state index in [-0.39, 0.29) is 12.5 Å². The zero-order valence-corrected chi connectivity index (χ0v) is 8.21. The van der Waals surface area contributed by atoms with Crippen molar-refractivity contribution in [3.05, 3.63) is 0 Å².